The van der Waals surface area contributed by atoms with Crippen LogP contribution in [0.2, 0.25) is 0 Å². The number of fused-ring (bicyclic) bond motifs is 1. The molecule has 4 nitrogen and oxygen atoms in total. The second-order valence-electron chi connectivity index (χ2n) is 6.59. The van der Waals surface area contributed by atoms with E-state index in [4.69, 9.17) is 9.97 Å². The molecule has 0 saturated carbocycles. The standard InChI is InChI=1S/C23H22N4.2C2H6.2CH3.2Y/c1-17-12-13-20-21(14-17)27-23(25-16-19-10-6-3-7-11-19)22(26-20)24-15-18-8-4-2-5-9-18;2*1-2;;;;/h2-14H,15-16H2,1H3,(H,24,26)(H,25,27);2*1-2H3;2*1H3;;/q;;;2*-1;;. The number of nitrogens with one attached hydrogen (secondary N) is 2. The van der Waals surface area contributed by atoms with Crippen LogP contribution in [0, 0.1) is 21.8 Å². The van der Waals surface area contributed by atoms with E-state index in [1.165, 1.54) is 16.7 Å². The van der Waals surface area contributed by atoms with Gasteiger partial charge in [0.05, 0.1) is 11.0 Å². The molecule has 0 atom stereocenters. The third kappa shape index (κ3) is 12.6. The first-order valence-corrected chi connectivity index (χ1v) is 11.1. The average molecular weight is 622 g/mol. The van der Waals surface area contributed by atoms with Crippen LogP contribution in [0.3, 0.4) is 0 Å². The SMILES string of the molecule is CC.CC.Cc1ccc2nc(NCc3ccccc3)c(NCc3ccccc3)nc2c1.[CH3-].[CH3-].[Y].[Y]. The van der Waals surface area contributed by atoms with E-state index >= 15 is 0 Å². The Morgan fingerprint density at radius 2 is 0.971 bits per heavy atom. The van der Waals surface area contributed by atoms with Gasteiger partial charge >= 0.3 is 0 Å². The van der Waals surface area contributed by atoms with Crippen molar-refractivity contribution in [3.8, 4) is 0 Å². The van der Waals surface area contributed by atoms with Crippen LogP contribution in [0.15, 0.2) is 78.9 Å². The van der Waals surface area contributed by atoms with Crippen molar-refractivity contribution >= 4 is 22.7 Å². The van der Waals surface area contributed by atoms with Gasteiger partial charge in [-0.25, -0.2) is 9.97 Å². The topological polar surface area (TPSA) is 49.8 Å². The maximum atomic E-state index is 4.83. The summed E-state index contributed by atoms with van der Waals surface area (Å²) in [6.45, 7) is 11.5. The van der Waals surface area contributed by atoms with Gasteiger partial charge in [0.1, 0.15) is 0 Å². The molecule has 0 unspecified atom stereocenters. The third-order valence-corrected chi connectivity index (χ3v) is 4.43. The first-order chi connectivity index (χ1) is 15.3. The molecule has 0 fully saturated rings. The quantitative estimate of drug-likeness (QED) is 0.214. The number of anilines is 2. The number of aryl methyl sites for hydroxylation is 1. The molecule has 2 N–H and O–H groups in total. The largest absolute Gasteiger partial charge is 0.363 e. The van der Waals surface area contributed by atoms with Gasteiger partial charge in [-0.05, 0) is 35.7 Å². The summed E-state index contributed by atoms with van der Waals surface area (Å²) in [5.74, 6) is 1.54. The molecule has 35 heavy (non-hydrogen) atoms. The Kier molecular flexibility index (Phi) is 24.1. The van der Waals surface area contributed by atoms with E-state index in [0.717, 1.165) is 22.7 Å². The molecule has 0 saturated heterocycles. The molecule has 4 rings (SSSR count). The van der Waals surface area contributed by atoms with Crippen LogP contribution >= 0.6 is 0 Å². The Labute approximate surface area is 264 Å². The van der Waals surface area contributed by atoms with Crippen molar-refractivity contribution in [3.63, 3.8) is 0 Å². The van der Waals surface area contributed by atoms with Crippen LogP contribution in [0.1, 0.15) is 44.4 Å². The maximum absolute atomic E-state index is 4.83. The second-order valence-corrected chi connectivity index (χ2v) is 6.59. The summed E-state index contributed by atoms with van der Waals surface area (Å²) in [6, 6.07) is 26.8. The molecule has 0 aliphatic carbocycles. The molecular weight excluding hydrogens is 582 g/mol. The monoisotopic (exact) mass is 622 g/mol. The van der Waals surface area contributed by atoms with Gasteiger partial charge in [0, 0.05) is 78.5 Å². The van der Waals surface area contributed by atoms with Crippen LogP contribution in [0.25, 0.3) is 11.0 Å². The fraction of sp³-hybridized carbons (Fsp3) is 0.241. The molecule has 0 aliphatic heterocycles. The Bertz CT molecular complexity index is 1040. The van der Waals surface area contributed by atoms with Crippen LogP contribution < -0.4 is 10.6 Å². The molecule has 3 aromatic carbocycles. The van der Waals surface area contributed by atoms with Gasteiger partial charge < -0.3 is 25.5 Å². The third-order valence-electron chi connectivity index (χ3n) is 4.43. The van der Waals surface area contributed by atoms with Crippen molar-refractivity contribution in [2.45, 2.75) is 47.7 Å². The predicted octanol–water partition coefficient (Wildman–Crippen LogP) is 8.11. The van der Waals surface area contributed by atoms with Crippen LogP contribution in [-0.4, -0.2) is 9.97 Å². The van der Waals surface area contributed by atoms with Crippen molar-refractivity contribution in [2.24, 2.45) is 0 Å². The molecule has 6 heteroatoms. The number of nitrogens with zero attached hydrogens (tertiary/aromatic N) is 2. The molecule has 0 aliphatic rings. The number of benzene rings is 3. The summed E-state index contributed by atoms with van der Waals surface area (Å²) in [7, 11) is 0. The summed E-state index contributed by atoms with van der Waals surface area (Å²) in [6.07, 6.45) is 0. The van der Waals surface area contributed by atoms with E-state index in [-0.39, 0.29) is 80.3 Å². The van der Waals surface area contributed by atoms with E-state index in [1.807, 2.05) is 70.2 Å². The Morgan fingerprint density at radius 3 is 1.40 bits per heavy atom. The molecule has 184 valence electrons. The minimum absolute atomic E-state index is 0. The van der Waals surface area contributed by atoms with E-state index in [1.54, 1.807) is 0 Å². The molecule has 0 spiro atoms. The number of aromatic nitrogens is 2. The van der Waals surface area contributed by atoms with Gasteiger partial charge in [-0.15, -0.1) is 0 Å². The smallest absolute Gasteiger partial charge is 0.170 e. The molecule has 0 amide bonds. The number of rotatable bonds is 6. The van der Waals surface area contributed by atoms with Crippen molar-refractivity contribution in [1.82, 2.24) is 9.97 Å². The molecule has 4 aromatic rings. The van der Waals surface area contributed by atoms with Gasteiger partial charge in [-0.1, -0.05) is 94.4 Å². The van der Waals surface area contributed by atoms with Crippen LogP contribution in [0.4, 0.5) is 11.6 Å². The molecule has 1 heterocycles. The minimum Gasteiger partial charge on any atom is -0.363 e. The Morgan fingerprint density at radius 1 is 0.571 bits per heavy atom. The molecule has 1 aromatic heterocycles. The van der Waals surface area contributed by atoms with Gasteiger partial charge in [-0.3, -0.25) is 0 Å². The zero-order valence-corrected chi connectivity index (χ0v) is 28.1. The van der Waals surface area contributed by atoms with E-state index in [2.05, 4.69) is 54.0 Å². The van der Waals surface area contributed by atoms with E-state index in [9.17, 15) is 0 Å². The molecule has 2 radical (unpaired) electrons. The fourth-order valence-corrected chi connectivity index (χ4v) is 2.97. The predicted molar refractivity (Wildman–Crippen MR) is 147 cm³/mol. The van der Waals surface area contributed by atoms with Gasteiger partial charge in [0.25, 0.3) is 0 Å². The number of hydrogen-bond donors (Lipinski definition) is 2. The van der Waals surface area contributed by atoms with Gasteiger partial charge in [-0.2, -0.15) is 0 Å². The normalized spacial score (nSPS) is 8.60. The maximum Gasteiger partial charge on any atom is 0.170 e. The second kappa shape index (κ2) is 22.0. The van der Waals surface area contributed by atoms with Crippen molar-refractivity contribution < 1.29 is 65.4 Å². The molecular formula is C29H40N4Y2-2. The summed E-state index contributed by atoms with van der Waals surface area (Å²) in [5.41, 5.74) is 5.38. The van der Waals surface area contributed by atoms with Gasteiger partial charge in [0.15, 0.2) is 11.6 Å². The van der Waals surface area contributed by atoms with Crippen molar-refractivity contribution in [3.05, 3.63) is 110 Å². The van der Waals surface area contributed by atoms with Gasteiger partial charge in [0.2, 0.25) is 0 Å². The zero-order chi connectivity index (χ0) is 22.5. The van der Waals surface area contributed by atoms with Crippen molar-refractivity contribution in [2.75, 3.05) is 10.6 Å². The summed E-state index contributed by atoms with van der Waals surface area (Å²) >= 11 is 0. The fourth-order valence-electron chi connectivity index (χ4n) is 2.97. The Balaban J connectivity index is -0.00000122. The zero-order valence-electron chi connectivity index (χ0n) is 22.5. The summed E-state index contributed by atoms with van der Waals surface area (Å²) in [5, 5.41) is 6.88. The molecule has 0 bridgehead atoms. The first kappa shape index (κ1) is 38.3. The van der Waals surface area contributed by atoms with Crippen LogP contribution in [0.5, 0.6) is 0 Å². The van der Waals surface area contributed by atoms with E-state index < -0.39 is 0 Å². The first-order valence-electron chi connectivity index (χ1n) is 11.1. The van der Waals surface area contributed by atoms with Crippen LogP contribution in [-0.2, 0) is 78.5 Å². The number of hydrogen-bond acceptors (Lipinski definition) is 4. The average Bonchev–Trinajstić information content (AvgIpc) is 2.85. The summed E-state index contributed by atoms with van der Waals surface area (Å²) < 4.78 is 0. The summed E-state index contributed by atoms with van der Waals surface area (Å²) in [4.78, 5) is 9.63. The minimum atomic E-state index is 0. The van der Waals surface area contributed by atoms with E-state index in [0.29, 0.717) is 13.1 Å². The Hall–Kier alpha value is -1.19. The van der Waals surface area contributed by atoms with Crippen molar-refractivity contribution in [1.29, 1.82) is 0 Å².